The van der Waals surface area contributed by atoms with E-state index in [1.54, 1.807) is 30.3 Å². The largest absolute Gasteiger partial charge is 0.507 e. The highest BCUT2D eigenvalue weighted by molar-refractivity contribution is 6.07. The van der Waals surface area contributed by atoms with Gasteiger partial charge >= 0.3 is 6.03 Å². The molecule has 3 rings (SSSR count). The van der Waals surface area contributed by atoms with Crippen LogP contribution in [0.25, 0.3) is 10.8 Å². The van der Waals surface area contributed by atoms with Gasteiger partial charge in [0.05, 0.1) is 11.4 Å². The van der Waals surface area contributed by atoms with Gasteiger partial charge in [-0.15, -0.1) is 0 Å². The Kier molecular flexibility index (Phi) is 3.99. The van der Waals surface area contributed by atoms with E-state index in [1.165, 1.54) is 6.07 Å². The predicted molar refractivity (Wildman–Crippen MR) is 84.6 cm³/mol. The number of fused-ring (bicyclic) bond motifs is 1. The number of anilines is 2. The third-order valence-electron chi connectivity index (χ3n) is 3.43. The maximum Gasteiger partial charge on any atom is 0.323 e. The molecule has 122 valence electrons. The molecule has 3 aromatic carbocycles. The smallest absolute Gasteiger partial charge is 0.323 e. The van der Waals surface area contributed by atoms with Crippen molar-refractivity contribution in [2.45, 2.75) is 0 Å². The first-order valence-electron chi connectivity index (χ1n) is 6.89. The number of carbonyl (C=O) groups is 1. The van der Waals surface area contributed by atoms with Crippen molar-refractivity contribution >= 4 is 28.2 Å². The molecule has 0 saturated heterocycles. The molecular weight excluding hydrogens is 321 g/mol. The van der Waals surface area contributed by atoms with Gasteiger partial charge in [0.15, 0.2) is 17.5 Å². The highest BCUT2D eigenvalue weighted by atomic mass is 19.2. The van der Waals surface area contributed by atoms with Crippen LogP contribution in [0.3, 0.4) is 0 Å². The maximum absolute atomic E-state index is 13.6. The summed E-state index contributed by atoms with van der Waals surface area (Å²) in [6.45, 7) is 0. The monoisotopic (exact) mass is 332 g/mol. The van der Waals surface area contributed by atoms with Gasteiger partial charge in [-0.25, -0.2) is 18.0 Å². The molecule has 0 aliphatic carbocycles. The molecule has 0 radical (unpaired) electrons. The number of hydrogen-bond acceptors (Lipinski definition) is 2. The summed E-state index contributed by atoms with van der Waals surface area (Å²) in [7, 11) is 0. The Morgan fingerprint density at radius 3 is 2.25 bits per heavy atom. The summed E-state index contributed by atoms with van der Waals surface area (Å²) in [5.41, 5.74) is -0.127. The van der Waals surface area contributed by atoms with E-state index in [4.69, 9.17) is 0 Å². The molecule has 24 heavy (non-hydrogen) atoms. The number of benzene rings is 3. The number of halogens is 3. The van der Waals surface area contributed by atoms with Crippen LogP contribution >= 0.6 is 0 Å². The van der Waals surface area contributed by atoms with E-state index in [9.17, 15) is 23.1 Å². The van der Waals surface area contributed by atoms with Crippen molar-refractivity contribution < 1.29 is 23.1 Å². The van der Waals surface area contributed by atoms with E-state index < -0.39 is 29.2 Å². The van der Waals surface area contributed by atoms with Crippen LogP contribution in [0.1, 0.15) is 0 Å². The molecule has 0 atom stereocenters. The number of urea groups is 1. The molecule has 7 heteroatoms. The molecule has 0 unspecified atom stereocenters. The van der Waals surface area contributed by atoms with Crippen LogP contribution in [0.4, 0.5) is 29.3 Å². The van der Waals surface area contributed by atoms with Crippen LogP contribution in [0.5, 0.6) is 5.75 Å². The lowest BCUT2D eigenvalue weighted by Gasteiger charge is -2.11. The number of carbonyl (C=O) groups excluding carboxylic acids is 1. The lowest BCUT2D eigenvalue weighted by atomic mass is 10.1. The van der Waals surface area contributed by atoms with E-state index in [-0.39, 0.29) is 5.75 Å². The summed E-state index contributed by atoms with van der Waals surface area (Å²) < 4.78 is 39.6. The van der Waals surface area contributed by atoms with Crippen molar-refractivity contribution in [2.24, 2.45) is 0 Å². The number of aromatic hydroxyl groups is 1. The van der Waals surface area contributed by atoms with Crippen LogP contribution in [0, 0.1) is 17.5 Å². The van der Waals surface area contributed by atoms with Crippen molar-refractivity contribution in [3.8, 4) is 5.75 Å². The Morgan fingerprint density at radius 1 is 0.792 bits per heavy atom. The van der Waals surface area contributed by atoms with E-state index in [1.807, 2.05) is 0 Å². The SMILES string of the molecule is O=C(Nc1ccc(F)c(F)c1F)Nc1cccc2c(O)cccc12. The van der Waals surface area contributed by atoms with Crippen LogP contribution in [0.15, 0.2) is 48.5 Å². The molecule has 0 bridgehead atoms. The van der Waals surface area contributed by atoms with Gasteiger partial charge in [-0.2, -0.15) is 0 Å². The normalized spacial score (nSPS) is 10.6. The molecule has 0 spiro atoms. The molecule has 4 nitrogen and oxygen atoms in total. The second kappa shape index (κ2) is 6.11. The van der Waals surface area contributed by atoms with Gasteiger partial charge < -0.3 is 15.7 Å². The minimum absolute atomic E-state index is 0.0446. The van der Waals surface area contributed by atoms with E-state index in [0.29, 0.717) is 22.5 Å². The summed E-state index contributed by atoms with van der Waals surface area (Å²) in [5.74, 6) is -4.45. The number of amides is 2. The summed E-state index contributed by atoms with van der Waals surface area (Å²) in [6, 6.07) is 10.5. The molecule has 0 heterocycles. The topological polar surface area (TPSA) is 61.4 Å². The van der Waals surface area contributed by atoms with Gasteiger partial charge in [0.1, 0.15) is 5.75 Å². The van der Waals surface area contributed by atoms with Gasteiger partial charge in [-0.3, -0.25) is 0 Å². The zero-order valence-corrected chi connectivity index (χ0v) is 12.1. The third kappa shape index (κ3) is 2.83. The van der Waals surface area contributed by atoms with Gasteiger partial charge in [0.25, 0.3) is 0 Å². The number of rotatable bonds is 2. The molecule has 0 fully saturated rings. The van der Waals surface area contributed by atoms with E-state index in [2.05, 4.69) is 10.6 Å². The Morgan fingerprint density at radius 2 is 1.46 bits per heavy atom. The van der Waals surface area contributed by atoms with Gasteiger partial charge in [0, 0.05) is 10.8 Å². The number of phenols is 1. The highest BCUT2D eigenvalue weighted by Gasteiger charge is 2.15. The van der Waals surface area contributed by atoms with Gasteiger partial charge in [-0.05, 0) is 24.3 Å². The van der Waals surface area contributed by atoms with Crippen molar-refractivity contribution in [1.82, 2.24) is 0 Å². The van der Waals surface area contributed by atoms with Crippen LogP contribution < -0.4 is 10.6 Å². The predicted octanol–water partition coefficient (Wildman–Crippen LogP) is 4.61. The van der Waals surface area contributed by atoms with Gasteiger partial charge in [0.2, 0.25) is 0 Å². The minimum atomic E-state index is -1.66. The first-order valence-corrected chi connectivity index (χ1v) is 6.89. The molecule has 2 amide bonds. The Hall–Kier alpha value is -3.22. The highest BCUT2D eigenvalue weighted by Crippen LogP contribution is 2.30. The Bertz CT molecular complexity index is 945. The van der Waals surface area contributed by atoms with E-state index in [0.717, 1.165) is 6.07 Å². The molecule has 3 N–H and O–H groups in total. The quantitative estimate of drug-likeness (QED) is 0.600. The van der Waals surface area contributed by atoms with Crippen molar-refractivity contribution in [2.75, 3.05) is 10.6 Å². The average Bonchev–Trinajstić information content (AvgIpc) is 2.56. The molecule has 0 aromatic heterocycles. The second-order valence-corrected chi connectivity index (χ2v) is 4.98. The Labute approximate surface area is 134 Å². The van der Waals surface area contributed by atoms with E-state index >= 15 is 0 Å². The number of nitrogens with one attached hydrogen (secondary N) is 2. The standard InChI is InChI=1S/C17H11F3N2O2/c18-11-7-8-13(16(20)15(11)19)22-17(24)21-12-5-1-4-10-9(12)3-2-6-14(10)23/h1-8,23H,(H2,21,22,24). The fraction of sp³-hybridized carbons (Fsp3) is 0. The second-order valence-electron chi connectivity index (χ2n) is 4.98. The summed E-state index contributed by atoms with van der Waals surface area (Å²) in [4.78, 5) is 12.0. The number of hydrogen-bond donors (Lipinski definition) is 3. The van der Waals surface area contributed by atoms with Crippen molar-refractivity contribution in [3.05, 3.63) is 66.0 Å². The molecule has 3 aromatic rings. The fourth-order valence-electron chi connectivity index (χ4n) is 2.30. The van der Waals surface area contributed by atoms with Gasteiger partial charge in [-0.1, -0.05) is 24.3 Å². The Balaban J connectivity index is 1.86. The first kappa shape index (κ1) is 15.7. The average molecular weight is 332 g/mol. The van der Waals surface area contributed by atoms with Crippen molar-refractivity contribution in [3.63, 3.8) is 0 Å². The summed E-state index contributed by atoms with van der Waals surface area (Å²) in [6.07, 6.45) is 0. The maximum atomic E-state index is 13.6. The third-order valence-corrected chi connectivity index (χ3v) is 3.43. The lowest BCUT2D eigenvalue weighted by molar-refractivity contribution is 0.262. The first-order chi connectivity index (χ1) is 11.5. The zero-order chi connectivity index (χ0) is 17.3. The van der Waals surface area contributed by atoms with Crippen LogP contribution in [0.2, 0.25) is 0 Å². The van der Waals surface area contributed by atoms with Crippen LogP contribution in [-0.4, -0.2) is 11.1 Å². The molecule has 0 aliphatic heterocycles. The summed E-state index contributed by atoms with van der Waals surface area (Å²) in [5, 5.41) is 15.5. The molecule has 0 aliphatic rings. The zero-order valence-electron chi connectivity index (χ0n) is 12.1. The minimum Gasteiger partial charge on any atom is -0.507 e. The molecule has 0 saturated carbocycles. The molecular formula is C17H11F3N2O2. The van der Waals surface area contributed by atoms with Crippen LogP contribution in [-0.2, 0) is 0 Å². The van der Waals surface area contributed by atoms with Crippen molar-refractivity contribution in [1.29, 1.82) is 0 Å². The fourth-order valence-corrected chi connectivity index (χ4v) is 2.30. The summed E-state index contributed by atoms with van der Waals surface area (Å²) >= 11 is 0. The lowest BCUT2D eigenvalue weighted by Crippen LogP contribution is -2.20. The number of phenolic OH excluding ortho intramolecular Hbond substituents is 1.